The number of fused-ring (bicyclic) bond motifs is 3. The largest absolute Gasteiger partial charge is 0.497 e. The van der Waals surface area contributed by atoms with Crippen molar-refractivity contribution < 1.29 is 33.6 Å². The molecular weight excluding hydrogens is 630 g/mol. The van der Waals surface area contributed by atoms with Crippen LogP contribution in [0.25, 0.3) is 0 Å². The smallest absolute Gasteiger partial charge is 0.251 e. The number of aliphatic hydroxyl groups is 1. The second-order valence-electron chi connectivity index (χ2n) is 12.6. The van der Waals surface area contributed by atoms with Crippen molar-refractivity contribution in [1.29, 1.82) is 0 Å². The molecule has 1 amide bonds. The minimum atomic E-state index is -1.23. The van der Waals surface area contributed by atoms with Crippen molar-refractivity contribution in [1.82, 2.24) is 20.4 Å². The maximum Gasteiger partial charge on any atom is 0.251 e. The van der Waals surface area contributed by atoms with Gasteiger partial charge in [0.15, 0.2) is 24.5 Å². The Morgan fingerprint density at radius 3 is 2.24 bits per heavy atom. The predicted molar refractivity (Wildman–Crippen MR) is 180 cm³/mol. The lowest BCUT2D eigenvalue weighted by molar-refractivity contribution is -0.213. The number of hydrogen-bond donors (Lipinski definition) is 4. The van der Waals surface area contributed by atoms with Gasteiger partial charge >= 0.3 is 0 Å². The van der Waals surface area contributed by atoms with E-state index in [-0.39, 0.29) is 25.1 Å². The molecule has 3 aromatic carbocycles. The molecule has 0 aliphatic carbocycles. The molecule has 14 heteroatoms. The van der Waals surface area contributed by atoms with E-state index in [0.717, 1.165) is 16.7 Å². The lowest BCUT2D eigenvalue weighted by Crippen LogP contribution is -2.68. The summed E-state index contributed by atoms with van der Waals surface area (Å²) in [6.07, 6.45) is -2.39. The van der Waals surface area contributed by atoms with E-state index in [2.05, 4.69) is 20.6 Å². The maximum absolute atomic E-state index is 13.0. The molecule has 3 unspecified atom stereocenters. The van der Waals surface area contributed by atoms with Gasteiger partial charge in [0.05, 0.1) is 33.8 Å². The molecule has 4 heterocycles. The zero-order chi connectivity index (χ0) is 34.3. The molecule has 0 saturated carbocycles. The molecule has 2 bridgehead atoms. The van der Waals surface area contributed by atoms with Crippen LogP contribution in [0, 0.1) is 0 Å². The fraction of sp³-hybridized carbons (Fsp3) is 0.400. The van der Waals surface area contributed by atoms with Crippen molar-refractivity contribution >= 4 is 18.2 Å². The SMILES string of the molecule is COc1ccc(C(OC[C@@]23CO[C@H]([C@H](N4C=NC5C(=O)NC(/N=C(\N)N(C)C)NC54)O2)[C@H]3O)(c2ccccc2)c2ccc(OC)cc2)cc1. The first kappa shape index (κ1) is 32.8. The number of guanidine groups is 1. The minimum absolute atomic E-state index is 0.0343. The summed E-state index contributed by atoms with van der Waals surface area (Å²) in [6.45, 7) is 0.0676. The van der Waals surface area contributed by atoms with Crippen molar-refractivity contribution in [3.05, 3.63) is 95.6 Å². The summed E-state index contributed by atoms with van der Waals surface area (Å²) in [7, 11) is 6.77. The van der Waals surface area contributed by atoms with Crippen LogP contribution in [-0.4, -0.2) is 117 Å². The van der Waals surface area contributed by atoms with Crippen molar-refractivity contribution in [3.8, 4) is 11.5 Å². The number of carbonyl (C=O) groups is 1. The van der Waals surface area contributed by atoms with E-state index >= 15 is 0 Å². The van der Waals surface area contributed by atoms with Gasteiger partial charge in [0.2, 0.25) is 0 Å². The Morgan fingerprint density at radius 1 is 1.04 bits per heavy atom. The average molecular weight is 672 g/mol. The van der Waals surface area contributed by atoms with Crippen LogP contribution in [0.15, 0.2) is 88.8 Å². The van der Waals surface area contributed by atoms with Gasteiger partial charge in [0.1, 0.15) is 41.1 Å². The average Bonchev–Trinajstić information content (AvgIpc) is 3.78. The van der Waals surface area contributed by atoms with E-state index in [9.17, 15) is 9.90 Å². The standard InChI is InChI=1S/C35H41N7O7/c1-41(2)32(36)40-33-38-29-26(30(44)39-33)37-20-42(29)31-27-28(43)34(49-31,18-47-27)19-48-35(21-8-6-5-7-9-21,22-10-14-24(45-3)15-11-22)23-12-16-25(46-4)17-13-23/h5-17,20,26-29,31,33,38,43H,18-19H2,1-4H3,(H2,36,40)(H,39,44)/t26?,27-,28+,29?,31+,33?,34+/m0/s1. The summed E-state index contributed by atoms with van der Waals surface area (Å²) in [5, 5.41) is 17.8. The van der Waals surface area contributed by atoms with E-state index in [0.29, 0.717) is 11.5 Å². The molecule has 49 heavy (non-hydrogen) atoms. The van der Waals surface area contributed by atoms with Gasteiger partial charge in [-0.15, -0.1) is 0 Å². The number of aliphatic hydroxyl groups excluding tert-OH is 1. The number of benzene rings is 3. The molecule has 5 N–H and O–H groups in total. The summed E-state index contributed by atoms with van der Waals surface area (Å²) in [4.78, 5) is 25.3. The molecule has 7 rings (SSSR count). The number of aliphatic imine (C=N–C) groups is 2. The third-order valence-corrected chi connectivity index (χ3v) is 9.58. The van der Waals surface area contributed by atoms with E-state index in [1.807, 2.05) is 78.9 Å². The number of ether oxygens (including phenoxy) is 5. The fourth-order valence-corrected chi connectivity index (χ4v) is 6.88. The van der Waals surface area contributed by atoms with Crippen LogP contribution >= 0.6 is 0 Å². The predicted octanol–water partition coefficient (Wildman–Crippen LogP) is 0.785. The van der Waals surface area contributed by atoms with Crippen molar-refractivity contribution in [3.63, 3.8) is 0 Å². The highest BCUT2D eigenvalue weighted by atomic mass is 16.7. The van der Waals surface area contributed by atoms with Gasteiger partial charge < -0.3 is 49.6 Å². The fourth-order valence-electron chi connectivity index (χ4n) is 6.88. The molecule has 3 aromatic rings. The summed E-state index contributed by atoms with van der Waals surface area (Å²) in [5.74, 6) is 1.34. The van der Waals surface area contributed by atoms with Crippen molar-refractivity contribution in [2.75, 3.05) is 41.5 Å². The van der Waals surface area contributed by atoms with Gasteiger partial charge in [-0.2, -0.15) is 0 Å². The summed E-state index contributed by atoms with van der Waals surface area (Å²) in [5.41, 5.74) is 6.23. The maximum atomic E-state index is 13.0. The minimum Gasteiger partial charge on any atom is -0.497 e. The quantitative estimate of drug-likeness (QED) is 0.137. The Balaban J connectivity index is 1.21. The van der Waals surface area contributed by atoms with Crippen LogP contribution in [0.4, 0.5) is 0 Å². The number of carbonyl (C=O) groups excluding carboxylic acids is 1. The Kier molecular flexibility index (Phi) is 8.67. The molecule has 7 atom stereocenters. The molecule has 3 fully saturated rings. The van der Waals surface area contributed by atoms with E-state index in [1.54, 1.807) is 44.5 Å². The van der Waals surface area contributed by atoms with Gasteiger partial charge in [-0.25, -0.2) is 4.99 Å². The monoisotopic (exact) mass is 671 g/mol. The number of hydrogen-bond acceptors (Lipinski definition) is 11. The number of rotatable bonds is 10. The summed E-state index contributed by atoms with van der Waals surface area (Å²) in [6, 6.07) is 24.6. The van der Waals surface area contributed by atoms with Gasteiger partial charge in [-0.05, 0) is 41.0 Å². The Bertz CT molecular complexity index is 1660. The van der Waals surface area contributed by atoms with E-state index in [1.165, 1.54) is 0 Å². The summed E-state index contributed by atoms with van der Waals surface area (Å²) < 4.78 is 31.0. The number of nitrogens with one attached hydrogen (secondary N) is 2. The van der Waals surface area contributed by atoms with Gasteiger partial charge in [0, 0.05) is 14.1 Å². The lowest BCUT2D eigenvalue weighted by atomic mass is 9.79. The van der Waals surface area contributed by atoms with E-state index in [4.69, 9.17) is 29.4 Å². The van der Waals surface area contributed by atoms with Crippen molar-refractivity contribution in [2.45, 2.75) is 48.1 Å². The van der Waals surface area contributed by atoms with Gasteiger partial charge in [-0.1, -0.05) is 54.6 Å². The molecule has 4 aliphatic heterocycles. The summed E-state index contributed by atoms with van der Waals surface area (Å²) >= 11 is 0. The molecule has 258 valence electrons. The third kappa shape index (κ3) is 5.64. The van der Waals surface area contributed by atoms with Crippen LogP contribution in [0.3, 0.4) is 0 Å². The number of methoxy groups -OCH3 is 2. The Labute approximate surface area is 284 Å². The molecule has 14 nitrogen and oxygen atoms in total. The highest BCUT2D eigenvalue weighted by molar-refractivity contribution is 5.87. The molecule has 0 aromatic heterocycles. The second-order valence-corrected chi connectivity index (χ2v) is 12.6. The highest BCUT2D eigenvalue weighted by Crippen LogP contribution is 2.47. The zero-order valence-corrected chi connectivity index (χ0v) is 27.7. The molecule has 4 aliphatic rings. The Hall–Kier alpha value is -4.73. The topological polar surface area (TPSA) is 165 Å². The van der Waals surface area contributed by atoms with Crippen LogP contribution < -0.4 is 25.8 Å². The number of amides is 1. The van der Waals surface area contributed by atoms with Gasteiger partial charge in [-0.3, -0.25) is 15.1 Å². The number of nitrogens with two attached hydrogens (primary N) is 1. The van der Waals surface area contributed by atoms with Crippen LogP contribution in [-0.2, 0) is 24.6 Å². The molecular formula is C35H41N7O7. The normalized spacial score (nSPS) is 29.1. The molecule has 3 saturated heterocycles. The first-order chi connectivity index (χ1) is 23.7. The van der Waals surface area contributed by atoms with Crippen molar-refractivity contribution in [2.24, 2.45) is 15.7 Å². The first-order valence-electron chi connectivity index (χ1n) is 16.0. The lowest BCUT2D eigenvalue weighted by Gasteiger charge is -2.42. The van der Waals surface area contributed by atoms with Gasteiger partial charge in [0.25, 0.3) is 5.91 Å². The second kappa shape index (κ2) is 12.9. The number of nitrogens with zero attached hydrogens (tertiary/aromatic N) is 4. The Morgan fingerprint density at radius 2 is 1.65 bits per heavy atom. The highest BCUT2D eigenvalue weighted by Gasteiger charge is 2.65. The van der Waals surface area contributed by atoms with Crippen LogP contribution in [0.1, 0.15) is 16.7 Å². The third-order valence-electron chi connectivity index (χ3n) is 9.58. The van der Waals surface area contributed by atoms with Crippen LogP contribution in [0.2, 0.25) is 0 Å². The first-order valence-corrected chi connectivity index (χ1v) is 16.0. The van der Waals surface area contributed by atoms with E-state index < -0.39 is 48.1 Å². The molecule has 0 radical (unpaired) electrons. The molecule has 0 spiro atoms. The zero-order valence-electron chi connectivity index (χ0n) is 27.7. The van der Waals surface area contributed by atoms with Crippen LogP contribution in [0.5, 0.6) is 11.5 Å².